The van der Waals surface area contributed by atoms with Gasteiger partial charge in [0.05, 0.1) is 25.1 Å². The van der Waals surface area contributed by atoms with Gasteiger partial charge in [-0.2, -0.15) is 0 Å². The van der Waals surface area contributed by atoms with Crippen LogP contribution in [0.15, 0.2) is 17.5 Å². The predicted molar refractivity (Wildman–Crippen MR) is 86.6 cm³/mol. The summed E-state index contributed by atoms with van der Waals surface area (Å²) < 4.78 is 5.10. The lowest BCUT2D eigenvalue weighted by molar-refractivity contribution is -0.151. The molecule has 1 aliphatic heterocycles. The highest BCUT2D eigenvalue weighted by Crippen LogP contribution is 2.20. The maximum absolute atomic E-state index is 12.3. The van der Waals surface area contributed by atoms with Crippen LogP contribution in [0.4, 0.5) is 0 Å². The van der Waals surface area contributed by atoms with Gasteiger partial charge in [-0.1, -0.05) is 6.07 Å². The molecule has 0 aromatic carbocycles. The molecule has 1 fully saturated rings. The Morgan fingerprint density at radius 2 is 2.36 bits per heavy atom. The maximum atomic E-state index is 12.3. The molecular formula is C16H24N2O3S. The fraction of sp³-hybridized carbons (Fsp3) is 0.625. The number of carbonyl (C=O) groups is 2. The van der Waals surface area contributed by atoms with Gasteiger partial charge in [-0.25, -0.2) is 0 Å². The van der Waals surface area contributed by atoms with Crippen LogP contribution in [0.5, 0.6) is 0 Å². The Hall–Kier alpha value is -1.40. The zero-order valence-corrected chi connectivity index (χ0v) is 14.0. The summed E-state index contributed by atoms with van der Waals surface area (Å²) in [5.74, 6) is -0.238. The predicted octanol–water partition coefficient (Wildman–Crippen LogP) is 2.03. The molecule has 1 amide bonds. The normalized spacial score (nSPS) is 20.4. The first kappa shape index (κ1) is 17.0. The van der Waals surface area contributed by atoms with Gasteiger partial charge in [0.1, 0.15) is 0 Å². The van der Waals surface area contributed by atoms with E-state index >= 15 is 0 Å². The first-order chi connectivity index (χ1) is 10.6. The molecule has 0 saturated carbocycles. The molecule has 1 aromatic heterocycles. The van der Waals surface area contributed by atoms with E-state index < -0.39 is 0 Å². The standard InChI is InChI=1S/C16H24N2O3S/c1-3-21-16(20)13-6-4-8-18(11-13)12(2)15(19)17-10-14-7-5-9-22-14/h5,7,9,12-13H,3-4,6,8,10-11H2,1-2H3,(H,17,19)/t12-,13-/m1/s1. The van der Waals surface area contributed by atoms with Crippen molar-refractivity contribution in [3.8, 4) is 0 Å². The summed E-state index contributed by atoms with van der Waals surface area (Å²) in [5, 5.41) is 4.96. The first-order valence-corrected chi connectivity index (χ1v) is 8.70. The van der Waals surface area contributed by atoms with E-state index in [1.807, 2.05) is 31.4 Å². The number of esters is 1. The molecule has 122 valence electrons. The summed E-state index contributed by atoms with van der Waals surface area (Å²) in [5.41, 5.74) is 0. The minimum atomic E-state index is -0.225. The molecule has 0 bridgehead atoms. The Morgan fingerprint density at radius 1 is 1.55 bits per heavy atom. The lowest BCUT2D eigenvalue weighted by atomic mass is 9.97. The van der Waals surface area contributed by atoms with E-state index in [1.54, 1.807) is 11.3 Å². The van der Waals surface area contributed by atoms with Gasteiger partial charge in [-0.05, 0) is 44.7 Å². The molecular weight excluding hydrogens is 300 g/mol. The first-order valence-electron chi connectivity index (χ1n) is 7.82. The van der Waals surface area contributed by atoms with Crippen molar-refractivity contribution in [1.82, 2.24) is 10.2 Å². The summed E-state index contributed by atoms with van der Waals surface area (Å²) in [4.78, 5) is 27.4. The third-order valence-corrected chi connectivity index (χ3v) is 4.89. The van der Waals surface area contributed by atoms with Crippen LogP contribution in [0, 0.1) is 5.92 Å². The van der Waals surface area contributed by atoms with Gasteiger partial charge in [0.15, 0.2) is 0 Å². The molecule has 0 radical (unpaired) electrons. The van der Waals surface area contributed by atoms with Crippen molar-refractivity contribution < 1.29 is 14.3 Å². The molecule has 1 saturated heterocycles. The van der Waals surface area contributed by atoms with Crippen molar-refractivity contribution in [3.63, 3.8) is 0 Å². The molecule has 2 heterocycles. The molecule has 6 heteroatoms. The zero-order valence-electron chi connectivity index (χ0n) is 13.2. The average Bonchev–Trinajstić information content (AvgIpc) is 3.05. The van der Waals surface area contributed by atoms with Gasteiger partial charge in [-0.15, -0.1) is 11.3 Å². The quantitative estimate of drug-likeness (QED) is 0.814. The smallest absolute Gasteiger partial charge is 0.310 e. The molecule has 22 heavy (non-hydrogen) atoms. The van der Waals surface area contributed by atoms with Gasteiger partial charge in [0.2, 0.25) is 5.91 Å². The van der Waals surface area contributed by atoms with Crippen molar-refractivity contribution in [2.45, 2.75) is 39.3 Å². The number of hydrogen-bond donors (Lipinski definition) is 1. The summed E-state index contributed by atoms with van der Waals surface area (Å²) in [7, 11) is 0. The zero-order chi connectivity index (χ0) is 15.9. The third kappa shape index (κ3) is 4.55. The van der Waals surface area contributed by atoms with Crippen LogP contribution in [0.25, 0.3) is 0 Å². The van der Waals surface area contributed by atoms with Crippen molar-refractivity contribution >= 4 is 23.2 Å². The van der Waals surface area contributed by atoms with Crippen LogP contribution in [0.2, 0.25) is 0 Å². The lowest BCUT2D eigenvalue weighted by Gasteiger charge is -2.35. The van der Waals surface area contributed by atoms with Crippen LogP contribution >= 0.6 is 11.3 Å². The second-order valence-corrected chi connectivity index (χ2v) is 6.59. The van der Waals surface area contributed by atoms with Crippen molar-refractivity contribution in [1.29, 1.82) is 0 Å². The Morgan fingerprint density at radius 3 is 3.05 bits per heavy atom. The van der Waals surface area contributed by atoms with E-state index in [4.69, 9.17) is 4.74 Å². The van der Waals surface area contributed by atoms with E-state index in [0.717, 1.165) is 24.3 Å². The highest BCUT2D eigenvalue weighted by molar-refractivity contribution is 7.09. The number of nitrogens with zero attached hydrogens (tertiary/aromatic N) is 1. The number of nitrogens with one attached hydrogen (secondary N) is 1. The number of hydrogen-bond acceptors (Lipinski definition) is 5. The molecule has 5 nitrogen and oxygen atoms in total. The SMILES string of the molecule is CCOC(=O)[C@@H]1CCCN([C@H](C)C(=O)NCc2cccs2)C1. The number of ether oxygens (including phenoxy) is 1. The Bertz CT molecular complexity index is 490. The second kappa shape index (κ2) is 8.29. The van der Waals surface area contributed by atoms with E-state index in [9.17, 15) is 9.59 Å². The molecule has 0 unspecified atom stereocenters. The van der Waals surface area contributed by atoms with E-state index in [2.05, 4.69) is 10.2 Å². The molecule has 1 aromatic rings. The molecule has 2 rings (SSSR count). The molecule has 1 N–H and O–H groups in total. The highest BCUT2D eigenvalue weighted by Gasteiger charge is 2.31. The Labute approximate surface area is 135 Å². The maximum Gasteiger partial charge on any atom is 0.310 e. The fourth-order valence-corrected chi connectivity index (χ4v) is 3.36. The number of amides is 1. The van der Waals surface area contributed by atoms with Crippen LogP contribution in [-0.4, -0.2) is 42.5 Å². The fourth-order valence-electron chi connectivity index (χ4n) is 2.71. The third-order valence-electron chi connectivity index (χ3n) is 4.02. The van der Waals surface area contributed by atoms with Crippen LogP contribution < -0.4 is 5.32 Å². The number of carbonyl (C=O) groups excluding carboxylic acids is 2. The number of piperidine rings is 1. The molecule has 0 aliphatic carbocycles. The van der Waals surface area contributed by atoms with E-state index in [0.29, 0.717) is 19.7 Å². The van der Waals surface area contributed by atoms with Gasteiger partial charge < -0.3 is 10.1 Å². The molecule has 2 atom stereocenters. The molecule has 0 spiro atoms. The Kier molecular flexibility index (Phi) is 6.39. The second-order valence-electron chi connectivity index (χ2n) is 5.56. The monoisotopic (exact) mass is 324 g/mol. The van der Waals surface area contributed by atoms with Crippen LogP contribution in [0.3, 0.4) is 0 Å². The number of likely N-dealkylation sites (tertiary alicyclic amines) is 1. The lowest BCUT2D eigenvalue weighted by Crippen LogP contribution is -2.50. The largest absolute Gasteiger partial charge is 0.466 e. The van der Waals surface area contributed by atoms with Gasteiger partial charge >= 0.3 is 5.97 Å². The summed E-state index contributed by atoms with van der Waals surface area (Å²) in [6, 6.07) is 3.76. The minimum Gasteiger partial charge on any atom is -0.466 e. The minimum absolute atomic E-state index is 0.0120. The van der Waals surface area contributed by atoms with Crippen LogP contribution in [-0.2, 0) is 20.9 Å². The van der Waals surface area contributed by atoms with E-state index in [-0.39, 0.29) is 23.8 Å². The van der Waals surface area contributed by atoms with Gasteiger partial charge in [0.25, 0.3) is 0 Å². The molecule has 1 aliphatic rings. The van der Waals surface area contributed by atoms with Gasteiger partial charge in [0, 0.05) is 11.4 Å². The van der Waals surface area contributed by atoms with Crippen LogP contribution in [0.1, 0.15) is 31.6 Å². The van der Waals surface area contributed by atoms with Crippen molar-refractivity contribution in [2.75, 3.05) is 19.7 Å². The summed E-state index contributed by atoms with van der Waals surface area (Å²) in [6.45, 7) is 6.15. The number of thiophene rings is 1. The van der Waals surface area contributed by atoms with Crippen molar-refractivity contribution in [2.24, 2.45) is 5.92 Å². The van der Waals surface area contributed by atoms with Crippen molar-refractivity contribution in [3.05, 3.63) is 22.4 Å². The number of rotatable bonds is 6. The summed E-state index contributed by atoms with van der Waals surface area (Å²) in [6.07, 6.45) is 1.77. The topological polar surface area (TPSA) is 58.6 Å². The van der Waals surface area contributed by atoms with Gasteiger partial charge in [-0.3, -0.25) is 14.5 Å². The Balaban J connectivity index is 1.83. The average molecular weight is 324 g/mol. The highest BCUT2D eigenvalue weighted by atomic mass is 32.1. The summed E-state index contributed by atoms with van der Waals surface area (Å²) >= 11 is 1.63. The van der Waals surface area contributed by atoms with E-state index in [1.165, 1.54) is 0 Å².